The van der Waals surface area contributed by atoms with Gasteiger partial charge < -0.3 is 14.6 Å². The number of benzene rings is 2. The summed E-state index contributed by atoms with van der Waals surface area (Å²) in [4.78, 5) is 17.6. The van der Waals surface area contributed by atoms with Crippen LogP contribution in [0.25, 0.3) is 11.0 Å². The van der Waals surface area contributed by atoms with Crippen molar-refractivity contribution < 1.29 is 17.9 Å². The van der Waals surface area contributed by atoms with E-state index < -0.39 is 10.0 Å². The minimum absolute atomic E-state index is 0.100. The number of para-hydroxylation sites is 2. The summed E-state index contributed by atoms with van der Waals surface area (Å²) in [7, 11) is -3.65. The molecular formula is C22H26N4O4S. The second kappa shape index (κ2) is 8.78. The third-order valence-electron chi connectivity index (χ3n) is 5.41. The summed E-state index contributed by atoms with van der Waals surface area (Å²) in [6, 6.07) is 12.7. The summed E-state index contributed by atoms with van der Waals surface area (Å²) in [5.41, 5.74) is 2.83. The van der Waals surface area contributed by atoms with Crippen molar-refractivity contribution in [2.75, 3.05) is 31.6 Å². The van der Waals surface area contributed by atoms with Crippen LogP contribution in [-0.2, 0) is 32.5 Å². The Balaban J connectivity index is 1.56. The fourth-order valence-electron chi connectivity index (χ4n) is 3.80. The molecule has 1 aliphatic heterocycles. The number of nitrogens with one attached hydrogen (secondary N) is 1. The Labute approximate surface area is 181 Å². The van der Waals surface area contributed by atoms with Crippen LogP contribution in [0.15, 0.2) is 47.4 Å². The first-order valence-corrected chi connectivity index (χ1v) is 11.8. The zero-order chi connectivity index (χ0) is 22.0. The third kappa shape index (κ3) is 4.34. The average molecular weight is 443 g/mol. The number of sulfonamides is 1. The number of carbonyl (C=O) groups excluding carboxylic acids is 1. The van der Waals surface area contributed by atoms with Gasteiger partial charge in [-0.3, -0.25) is 4.79 Å². The van der Waals surface area contributed by atoms with Crippen LogP contribution in [0.5, 0.6) is 0 Å². The van der Waals surface area contributed by atoms with Crippen LogP contribution in [0.2, 0.25) is 0 Å². The molecule has 1 aliphatic rings. The summed E-state index contributed by atoms with van der Waals surface area (Å²) < 4.78 is 34.7. The van der Waals surface area contributed by atoms with Gasteiger partial charge in [-0.15, -0.1) is 0 Å². The molecule has 1 fully saturated rings. The maximum Gasteiger partial charge on any atom is 0.244 e. The molecule has 3 aromatic rings. The van der Waals surface area contributed by atoms with E-state index in [2.05, 4.69) is 10.3 Å². The number of amides is 1. The lowest BCUT2D eigenvalue weighted by atomic mass is 10.2. The molecule has 2 heterocycles. The van der Waals surface area contributed by atoms with Crippen molar-refractivity contribution in [1.29, 1.82) is 0 Å². The first-order chi connectivity index (χ1) is 14.9. The molecule has 0 spiro atoms. The van der Waals surface area contributed by atoms with Gasteiger partial charge in [0.05, 0.1) is 29.1 Å². The number of hydrogen-bond acceptors (Lipinski definition) is 5. The molecule has 0 atom stereocenters. The smallest absolute Gasteiger partial charge is 0.244 e. The quantitative estimate of drug-likeness (QED) is 0.633. The SMILES string of the molecule is CCc1nc2ccccc2n1CC(=O)Nc1ccc(C)c(S(=O)(=O)N2CCOCC2)c1. The van der Waals surface area contributed by atoms with E-state index >= 15 is 0 Å². The second-order valence-electron chi connectivity index (χ2n) is 7.50. The Hall–Kier alpha value is -2.75. The monoisotopic (exact) mass is 442 g/mol. The van der Waals surface area contributed by atoms with Gasteiger partial charge >= 0.3 is 0 Å². The molecule has 31 heavy (non-hydrogen) atoms. The van der Waals surface area contributed by atoms with Crippen molar-refractivity contribution in [1.82, 2.24) is 13.9 Å². The summed E-state index contributed by atoms with van der Waals surface area (Å²) in [6.45, 7) is 5.27. The fourth-order valence-corrected chi connectivity index (χ4v) is 5.46. The maximum atomic E-state index is 13.1. The molecule has 0 saturated carbocycles. The molecule has 0 radical (unpaired) electrons. The van der Waals surface area contributed by atoms with E-state index in [1.165, 1.54) is 10.4 Å². The topological polar surface area (TPSA) is 93.5 Å². The number of imidazole rings is 1. The lowest BCUT2D eigenvalue weighted by molar-refractivity contribution is -0.116. The van der Waals surface area contributed by atoms with E-state index in [0.717, 1.165) is 16.9 Å². The van der Waals surface area contributed by atoms with Gasteiger partial charge in [0.15, 0.2) is 0 Å². The molecule has 0 aliphatic carbocycles. The minimum Gasteiger partial charge on any atom is -0.379 e. The van der Waals surface area contributed by atoms with E-state index in [4.69, 9.17) is 4.74 Å². The highest BCUT2D eigenvalue weighted by atomic mass is 32.2. The lowest BCUT2D eigenvalue weighted by Crippen LogP contribution is -2.40. The van der Waals surface area contributed by atoms with Gasteiger partial charge in [0, 0.05) is 25.2 Å². The summed E-state index contributed by atoms with van der Waals surface area (Å²) in [5, 5.41) is 2.84. The standard InChI is InChI=1S/C22H26N4O4S/c1-3-21-24-18-6-4-5-7-19(18)26(21)15-22(27)23-17-9-8-16(2)20(14-17)31(28,29)25-10-12-30-13-11-25/h4-9,14H,3,10-13,15H2,1-2H3,(H,23,27). The molecule has 1 N–H and O–H groups in total. The Bertz CT molecular complexity index is 1210. The number of aromatic nitrogens is 2. The molecule has 1 aromatic heterocycles. The van der Waals surface area contributed by atoms with Crippen LogP contribution >= 0.6 is 0 Å². The number of carbonyl (C=O) groups is 1. The highest BCUT2D eigenvalue weighted by Gasteiger charge is 2.28. The van der Waals surface area contributed by atoms with Crippen molar-refractivity contribution in [2.45, 2.75) is 31.7 Å². The van der Waals surface area contributed by atoms with Crippen LogP contribution in [0.1, 0.15) is 18.3 Å². The lowest BCUT2D eigenvalue weighted by Gasteiger charge is -2.26. The number of rotatable bonds is 6. The van der Waals surface area contributed by atoms with Gasteiger partial charge in [0.2, 0.25) is 15.9 Å². The molecule has 9 heteroatoms. The molecule has 4 rings (SSSR count). The van der Waals surface area contributed by atoms with Crippen LogP contribution in [0.4, 0.5) is 5.69 Å². The van der Waals surface area contributed by atoms with E-state index in [9.17, 15) is 13.2 Å². The fraction of sp³-hybridized carbons (Fsp3) is 0.364. The van der Waals surface area contributed by atoms with Crippen molar-refractivity contribution in [3.8, 4) is 0 Å². The van der Waals surface area contributed by atoms with Crippen molar-refractivity contribution in [2.24, 2.45) is 0 Å². The Morgan fingerprint density at radius 3 is 2.65 bits per heavy atom. The van der Waals surface area contributed by atoms with Crippen molar-refractivity contribution in [3.05, 3.63) is 53.9 Å². The Kier molecular flexibility index (Phi) is 6.08. The number of hydrogen-bond donors (Lipinski definition) is 1. The molecule has 1 amide bonds. The van der Waals surface area contributed by atoms with Gasteiger partial charge in [0.1, 0.15) is 12.4 Å². The summed E-state index contributed by atoms with van der Waals surface area (Å²) in [6.07, 6.45) is 0.703. The molecule has 8 nitrogen and oxygen atoms in total. The van der Waals surface area contributed by atoms with E-state index in [0.29, 0.717) is 44.0 Å². The number of anilines is 1. The molecule has 164 valence electrons. The first kappa shape index (κ1) is 21.5. The largest absolute Gasteiger partial charge is 0.379 e. The summed E-state index contributed by atoms with van der Waals surface area (Å²) >= 11 is 0. The Morgan fingerprint density at radius 2 is 1.90 bits per heavy atom. The molecule has 0 bridgehead atoms. The van der Waals surface area contributed by atoms with E-state index in [1.54, 1.807) is 19.1 Å². The number of aryl methyl sites for hydroxylation is 2. The normalized spacial score (nSPS) is 15.3. The maximum absolute atomic E-state index is 13.1. The van der Waals surface area contributed by atoms with Crippen LogP contribution < -0.4 is 5.32 Å². The number of ether oxygens (including phenoxy) is 1. The highest BCUT2D eigenvalue weighted by Crippen LogP contribution is 2.25. The predicted molar refractivity (Wildman–Crippen MR) is 118 cm³/mol. The van der Waals surface area contributed by atoms with Gasteiger partial charge in [-0.1, -0.05) is 25.1 Å². The van der Waals surface area contributed by atoms with Gasteiger partial charge in [0.25, 0.3) is 0 Å². The average Bonchev–Trinajstić information content (AvgIpc) is 3.13. The molecule has 2 aromatic carbocycles. The van der Waals surface area contributed by atoms with E-state index in [-0.39, 0.29) is 17.3 Å². The number of fused-ring (bicyclic) bond motifs is 1. The third-order valence-corrected chi connectivity index (χ3v) is 7.45. The molecule has 1 saturated heterocycles. The highest BCUT2D eigenvalue weighted by molar-refractivity contribution is 7.89. The van der Waals surface area contributed by atoms with Crippen molar-refractivity contribution in [3.63, 3.8) is 0 Å². The van der Waals surface area contributed by atoms with E-state index in [1.807, 2.05) is 35.8 Å². The summed E-state index contributed by atoms with van der Waals surface area (Å²) in [5.74, 6) is 0.590. The van der Waals surface area contributed by atoms with Gasteiger partial charge in [-0.05, 0) is 36.8 Å². The predicted octanol–water partition coefficient (Wildman–Crippen LogP) is 2.57. The number of morpholine rings is 1. The zero-order valence-electron chi connectivity index (χ0n) is 17.7. The minimum atomic E-state index is -3.65. The van der Waals surface area contributed by atoms with Crippen molar-refractivity contribution >= 4 is 32.7 Å². The number of nitrogens with zero attached hydrogens (tertiary/aromatic N) is 3. The Morgan fingerprint density at radius 1 is 1.16 bits per heavy atom. The van der Waals surface area contributed by atoms with Crippen LogP contribution in [0.3, 0.4) is 0 Å². The molecule has 0 unspecified atom stereocenters. The first-order valence-electron chi connectivity index (χ1n) is 10.3. The zero-order valence-corrected chi connectivity index (χ0v) is 18.5. The van der Waals surface area contributed by atoms with Crippen LogP contribution in [0, 0.1) is 6.92 Å². The van der Waals surface area contributed by atoms with Gasteiger partial charge in [-0.2, -0.15) is 4.31 Å². The van der Waals surface area contributed by atoms with Crippen LogP contribution in [-0.4, -0.2) is 54.5 Å². The molecular weight excluding hydrogens is 416 g/mol. The second-order valence-corrected chi connectivity index (χ2v) is 9.41. The van der Waals surface area contributed by atoms with Gasteiger partial charge in [-0.25, -0.2) is 13.4 Å².